The third-order valence-electron chi connectivity index (χ3n) is 3.48. The van der Waals surface area contributed by atoms with Gasteiger partial charge in [-0.05, 0) is 31.2 Å². The molecule has 0 unspecified atom stereocenters. The molecule has 2 rings (SSSR count). The Labute approximate surface area is 93.1 Å². The Bertz CT molecular complexity index is 293. The first-order valence-electron chi connectivity index (χ1n) is 6.03. The summed E-state index contributed by atoms with van der Waals surface area (Å²) >= 11 is 0. The standard InChI is InChI=1S/C14H21N/c1-12-8-9-13(2)15(10-12)11-14-6-4-3-5-7-14/h3-7,12-13H,8-11H2,1-2H3/t12-,13-/m1/s1. The van der Waals surface area contributed by atoms with Crippen LogP contribution in [-0.4, -0.2) is 17.5 Å². The molecule has 0 N–H and O–H groups in total. The number of hydrogen-bond acceptors (Lipinski definition) is 1. The van der Waals surface area contributed by atoms with Gasteiger partial charge in [0.1, 0.15) is 0 Å². The van der Waals surface area contributed by atoms with Crippen molar-refractivity contribution in [1.29, 1.82) is 0 Å². The number of hydrogen-bond donors (Lipinski definition) is 0. The first kappa shape index (κ1) is 10.7. The lowest BCUT2D eigenvalue weighted by atomic mass is 9.94. The molecule has 1 aromatic carbocycles. The SMILES string of the molecule is C[C@@H]1CC[C@@H](C)N(Cc2ccccc2)C1. The average molecular weight is 203 g/mol. The topological polar surface area (TPSA) is 3.24 Å². The van der Waals surface area contributed by atoms with Gasteiger partial charge in [0.25, 0.3) is 0 Å². The Morgan fingerprint density at radius 3 is 2.60 bits per heavy atom. The average Bonchev–Trinajstić information content (AvgIpc) is 2.25. The molecular weight excluding hydrogens is 182 g/mol. The van der Waals surface area contributed by atoms with E-state index in [1.54, 1.807) is 0 Å². The van der Waals surface area contributed by atoms with Crippen molar-refractivity contribution in [3.63, 3.8) is 0 Å². The van der Waals surface area contributed by atoms with Crippen LogP contribution in [0.4, 0.5) is 0 Å². The number of benzene rings is 1. The predicted octanol–water partition coefficient (Wildman–Crippen LogP) is 3.31. The van der Waals surface area contributed by atoms with Crippen molar-refractivity contribution in [3.05, 3.63) is 35.9 Å². The first-order valence-corrected chi connectivity index (χ1v) is 6.03. The smallest absolute Gasteiger partial charge is 0.0236 e. The van der Waals surface area contributed by atoms with Crippen LogP contribution < -0.4 is 0 Å². The minimum Gasteiger partial charge on any atom is -0.296 e. The lowest BCUT2D eigenvalue weighted by molar-refractivity contribution is 0.117. The Hall–Kier alpha value is -0.820. The van der Waals surface area contributed by atoms with E-state index in [1.807, 2.05) is 0 Å². The Balaban J connectivity index is 1.98. The van der Waals surface area contributed by atoms with Crippen LogP contribution in [0.3, 0.4) is 0 Å². The van der Waals surface area contributed by atoms with Crippen molar-refractivity contribution >= 4 is 0 Å². The Morgan fingerprint density at radius 2 is 1.87 bits per heavy atom. The molecule has 1 aromatic rings. The molecule has 1 heteroatoms. The maximum Gasteiger partial charge on any atom is 0.0236 e. The summed E-state index contributed by atoms with van der Waals surface area (Å²) in [6.45, 7) is 7.10. The third kappa shape index (κ3) is 2.82. The van der Waals surface area contributed by atoms with Crippen LogP contribution in [0.5, 0.6) is 0 Å². The van der Waals surface area contributed by atoms with Gasteiger partial charge in [0, 0.05) is 19.1 Å². The van der Waals surface area contributed by atoms with Crippen molar-refractivity contribution in [3.8, 4) is 0 Å². The summed E-state index contributed by atoms with van der Waals surface area (Å²) in [7, 11) is 0. The van der Waals surface area contributed by atoms with Crippen LogP contribution in [0, 0.1) is 5.92 Å². The Kier molecular flexibility index (Phi) is 3.42. The quantitative estimate of drug-likeness (QED) is 0.713. The third-order valence-corrected chi connectivity index (χ3v) is 3.48. The molecular formula is C14H21N. The van der Waals surface area contributed by atoms with Crippen molar-refractivity contribution in [2.45, 2.75) is 39.3 Å². The van der Waals surface area contributed by atoms with E-state index in [0.29, 0.717) is 0 Å². The number of rotatable bonds is 2. The number of nitrogens with zero attached hydrogens (tertiary/aromatic N) is 1. The summed E-state index contributed by atoms with van der Waals surface area (Å²) in [5, 5.41) is 0. The minimum absolute atomic E-state index is 0.751. The van der Waals surface area contributed by atoms with Crippen molar-refractivity contribution in [1.82, 2.24) is 4.90 Å². The molecule has 1 aliphatic heterocycles. The largest absolute Gasteiger partial charge is 0.296 e. The highest BCUT2D eigenvalue weighted by Gasteiger charge is 2.22. The van der Waals surface area contributed by atoms with E-state index >= 15 is 0 Å². The summed E-state index contributed by atoms with van der Waals surface area (Å²) < 4.78 is 0. The highest BCUT2D eigenvalue weighted by atomic mass is 15.2. The second-order valence-corrected chi connectivity index (χ2v) is 4.95. The molecule has 0 radical (unpaired) electrons. The summed E-state index contributed by atoms with van der Waals surface area (Å²) in [5.41, 5.74) is 1.44. The second-order valence-electron chi connectivity index (χ2n) is 4.95. The molecule has 1 saturated heterocycles. The van der Waals surface area contributed by atoms with Crippen molar-refractivity contribution < 1.29 is 0 Å². The molecule has 1 fully saturated rings. The lowest BCUT2D eigenvalue weighted by Gasteiger charge is -2.36. The Morgan fingerprint density at radius 1 is 1.13 bits per heavy atom. The van der Waals surface area contributed by atoms with E-state index in [9.17, 15) is 0 Å². The molecule has 82 valence electrons. The molecule has 0 saturated carbocycles. The van der Waals surface area contributed by atoms with Gasteiger partial charge in [-0.3, -0.25) is 4.90 Å². The normalized spacial score (nSPS) is 27.9. The van der Waals surface area contributed by atoms with Crippen LogP contribution in [-0.2, 0) is 6.54 Å². The van der Waals surface area contributed by atoms with Crippen LogP contribution >= 0.6 is 0 Å². The van der Waals surface area contributed by atoms with Gasteiger partial charge in [-0.2, -0.15) is 0 Å². The zero-order valence-electron chi connectivity index (χ0n) is 9.82. The molecule has 2 atom stereocenters. The zero-order chi connectivity index (χ0) is 10.7. The monoisotopic (exact) mass is 203 g/mol. The van der Waals surface area contributed by atoms with Crippen LogP contribution in [0.1, 0.15) is 32.3 Å². The van der Waals surface area contributed by atoms with E-state index in [2.05, 4.69) is 49.1 Å². The molecule has 0 bridgehead atoms. The lowest BCUT2D eigenvalue weighted by Crippen LogP contribution is -2.40. The highest BCUT2D eigenvalue weighted by Crippen LogP contribution is 2.22. The van der Waals surface area contributed by atoms with E-state index < -0.39 is 0 Å². The molecule has 0 spiro atoms. The molecule has 15 heavy (non-hydrogen) atoms. The summed E-state index contributed by atoms with van der Waals surface area (Å²) in [5.74, 6) is 0.866. The second kappa shape index (κ2) is 4.80. The van der Waals surface area contributed by atoms with E-state index in [1.165, 1.54) is 24.9 Å². The molecule has 0 aromatic heterocycles. The predicted molar refractivity (Wildman–Crippen MR) is 64.7 cm³/mol. The van der Waals surface area contributed by atoms with Crippen LogP contribution in [0.25, 0.3) is 0 Å². The van der Waals surface area contributed by atoms with E-state index in [0.717, 1.165) is 18.5 Å². The van der Waals surface area contributed by atoms with Crippen LogP contribution in [0.2, 0.25) is 0 Å². The minimum atomic E-state index is 0.751. The number of piperidine rings is 1. The van der Waals surface area contributed by atoms with Gasteiger partial charge in [-0.15, -0.1) is 0 Å². The number of likely N-dealkylation sites (tertiary alicyclic amines) is 1. The van der Waals surface area contributed by atoms with Gasteiger partial charge >= 0.3 is 0 Å². The van der Waals surface area contributed by atoms with Gasteiger partial charge < -0.3 is 0 Å². The fraction of sp³-hybridized carbons (Fsp3) is 0.571. The molecule has 1 nitrogen and oxygen atoms in total. The summed E-state index contributed by atoms with van der Waals surface area (Å²) in [6.07, 6.45) is 2.75. The fourth-order valence-corrected chi connectivity index (χ4v) is 2.42. The highest BCUT2D eigenvalue weighted by molar-refractivity contribution is 5.14. The van der Waals surface area contributed by atoms with Gasteiger partial charge in [0.05, 0.1) is 0 Å². The van der Waals surface area contributed by atoms with E-state index in [4.69, 9.17) is 0 Å². The van der Waals surface area contributed by atoms with Crippen LogP contribution in [0.15, 0.2) is 30.3 Å². The van der Waals surface area contributed by atoms with Gasteiger partial charge in [-0.25, -0.2) is 0 Å². The zero-order valence-corrected chi connectivity index (χ0v) is 9.82. The van der Waals surface area contributed by atoms with Crippen molar-refractivity contribution in [2.75, 3.05) is 6.54 Å². The maximum absolute atomic E-state index is 2.61. The van der Waals surface area contributed by atoms with Gasteiger partial charge in [0.2, 0.25) is 0 Å². The molecule has 1 aliphatic rings. The first-order chi connectivity index (χ1) is 7.25. The van der Waals surface area contributed by atoms with Gasteiger partial charge in [-0.1, -0.05) is 37.3 Å². The maximum atomic E-state index is 2.61. The summed E-state index contributed by atoms with van der Waals surface area (Å²) in [4.78, 5) is 2.61. The van der Waals surface area contributed by atoms with Gasteiger partial charge in [0.15, 0.2) is 0 Å². The fourth-order valence-electron chi connectivity index (χ4n) is 2.42. The van der Waals surface area contributed by atoms with Crippen molar-refractivity contribution in [2.24, 2.45) is 5.92 Å². The molecule has 0 amide bonds. The summed E-state index contributed by atoms with van der Waals surface area (Å²) in [6, 6.07) is 11.6. The molecule has 1 heterocycles. The molecule has 0 aliphatic carbocycles. The van der Waals surface area contributed by atoms with E-state index in [-0.39, 0.29) is 0 Å².